The van der Waals surface area contributed by atoms with Crippen molar-refractivity contribution in [1.29, 1.82) is 0 Å². The van der Waals surface area contributed by atoms with Crippen LogP contribution in [0.25, 0.3) is 0 Å². The normalized spacial score (nSPS) is 8.36. The van der Waals surface area contributed by atoms with Crippen molar-refractivity contribution >= 4 is 5.69 Å². The predicted octanol–water partition coefficient (Wildman–Crippen LogP) is -2.33. The van der Waals surface area contributed by atoms with Crippen LogP contribution in [0.3, 0.4) is 0 Å². The van der Waals surface area contributed by atoms with Gasteiger partial charge in [0, 0.05) is 6.07 Å². The third kappa shape index (κ3) is 2.88. The first-order chi connectivity index (χ1) is 4.72. The minimum Gasteiger partial charge on any atom is -0.868 e. The molecule has 0 amide bonds. The van der Waals surface area contributed by atoms with Crippen LogP contribution in [0, 0.1) is 10.1 Å². The molecular formula is C6H4KNO3. The van der Waals surface area contributed by atoms with Gasteiger partial charge in [0.1, 0.15) is 0 Å². The quantitative estimate of drug-likeness (QED) is 0.274. The molecule has 0 bridgehead atoms. The smallest absolute Gasteiger partial charge is 0.868 e. The Morgan fingerprint density at radius 2 is 1.82 bits per heavy atom. The summed E-state index contributed by atoms with van der Waals surface area (Å²) in [7, 11) is 0. The second-order valence-corrected chi connectivity index (χ2v) is 1.72. The van der Waals surface area contributed by atoms with Crippen molar-refractivity contribution in [3.63, 3.8) is 0 Å². The van der Waals surface area contributed by atoms with E-state index in [-0.39, 0.29) is 57.1 Å². The molecule has 1 rings (SSSR count). The van der Waals surface area contributed by atoms with E-state index < -0.39 is 10.7 Å². The number of rotatable bonds is 1. The molecule has 11 heavy (non-hydrogen) atoms. The van der Waals surface area contributed by atoms with Crippen molar-refractivity contribution in [3.8, 4) is 5.75 Å². The number of nitrogens with zero attached hydrogens (tertiary/aromatic N) is 1. The average Bonchev–Trinajstić information content (AvgIpc) is 1.88. The summed E-state index contributed by atoms with van der Waals surface area (Å²) < 4.78 is 0. The molecule has 1 aromatic carbocycles. The molecule has 0 fully saturated rings. The molecule has 0 radical (unpaired) electrons. The number of benzene rings is 1. The molecule has 0 saturated heterocycles. The fraction of sp³-hybridized carbons (Fsp3) is 0. The maximum Gasteiger partial charge on any atom is 1.00 e. The van der Waals surface area contributed by atoms with Crippen molar-refractivity contribution in [2.75, 3.05) is 0 Å². The van der Waals surface area contributed by atoms with Crippen LogP contribution >= 0.6 is 0 Å². The summed E-state index contributed by atoms with van der Waals surface area (Å²) in [6, 6.07) is 5.27. The first-order valence-corrected chi connectivity index (χ1v) is 2.62. The van der Waals surface area contributed by atoms with Crippen LogP contribution in [-0.4, -0.2) is 4.92 Å². The summed E-state index contributed by atoms with van der Waals surface area (Å²) in [6.07, 6.45) is 0. The van der Waals surface area contributed by atoms with Crippen LogP contribution in [0.4, 0.5) is 5.69 Å². The van der Waals surface area contributed by atoms with Gasteiger partial charge < -0.3 is 5.11 Å². The number of hydrogen-bond acceptors (Lipinski definition) is 3. The van der Waals surface area contributed by atoms with Crippen LogP contribution in [-0.2, 0) is 0 Å². The van der Waals surface area contributed by atoms with Crippen LogP contribution in [0.1, 0.15) is 0 Å². The largest absolute Gasteiger partial charge is 1.00 e. The number of para-hydroxylation sites is 2. The second kappa shape index (κ2) is 4.84. The van der Waals surface area contributed by atoms with Crippen LogP contribution < -0.4 is 56.5 Å². The van der Waals surface area contributed by atoms with E-state index in [2.05, 4.69) is 0 Å². The molecule has 52 valence electrons. The number of hydrogen-bond donors (Lipinski definition) is 0. The monoisotopic (exact) mass is 177 g/mol. The maximum atomic E-state index is 10.6. The molecule has 0 spiro atoms. The first kappa shape index (κ1) is 11.1. The Balaban J connectivity index is 0.000001000. The summed E-state index contributed by atoms with van der Waals surface area (Å²) in [5.41, 5.74) is -0.373. The van der Waals surface area contributed by atoms with Gasteiger partial charge >= 0.3 is 51.4 Å². The van der Waals surface area contributed by atoms with E-state index in [1.807, 2.05) is 0 Å². The van der Waals surface area contributed by atoms with E-state index in [0.29, 0.717) is 0 Å². The van der Waals surface area contributed by atoms with Gasteiger partial charge in [-0.1, -0.05) is 18.2 Å². The van der Waals surface area contributed by atoms with Gasteiger partial charge in [-0.2, -0.15) is 0 Å². The van der Waals surface area contributed by atoms with Gasteiger partial charge in [-0.3, -0.25) is 10.1 Å². The summed E-state index contributed by atoms with van der Waals surface area (Å²) in [6.45, 7) is 0. The second-order valence-electron chi connectivity index (χ2n) is 1.72. The van der Waals surface area contributed by atoms with Gasteiger partial charge in [-0.25, -0.2) is 0 Å². The Morgan fingerprint density at radius 1 is 1.27 bits per heavy atom. The van der Waals surface area contributed by atoms with E-state index in [4.69, 9.17) is 0 Å². The Labute approximate surface area is 106 Å². The summed E-state index contributed by atoms with van der Waals surface area (Å²) in [5, 5.41) is 20.6. The molecule has 0 heterocycles. The Morgan fingerprint density at radius 3 is 2.18 bits per heavy atom. The average molecular weight is 177 g/mol. The van der Waals surface area contributed by atoms with Gasteiger partial charge in [-0.15, -0.1) is 0 Å². The van der Waals surface area contributed by atoms with Gasteiger partial charge in [0.2, 0.25) is 0 Å². The first-order valence-electron chi connectivity index (χ1n) is 2.62. The zero-order chi connectivity index (χ0) is 7.56. The van der Waals surface area contributed by atoms with Gasteiger partial charge in [0.25, 0.3) is 5.69 Å². The number of nitro groups is 1. The van der Waals surface area contributed by atoms with Crippen molar-refractivity contribution < 1.29 is 61.4 Å². The van der Waals surface area contributed by atoms with Crippen molar-refractivity contribution in [2.45, 2.75) is 0 Å². The van der Waals surface area contributed by atoms with Crippen LogP contribution in [0.15, 0.2) is 24.3 Å². The fourth-order valence-electron chi connectivity index (χ4n) is 0.608. The molecular weight excluding hydrogens is 173 g/mol. The molecule has 1 aromatic rings. The Hall–Kier alpha value is 0.0564. The molecule has 0 N–H and O–H groups in total. The third-order valence-electron chi connectivity index (χ3n) is 1.06. The van der Waals surface area contributed by atoms with E-state index >= 15 is 0 Å². The summed E-state index contributed by atoms with van der Waals surface area (Å²) >= 11 is 0. The molecule has 4 nitrogen and oxygen atoms in total. The third-order valence-corrected chi connectivity index (χ3v) is 1.06. The van der Waals surface area contributed by atoms with E-state index in [0.717, 1.165) is 6.07 Å². The SMILES string of the molecule is O=[N+]([O-])c1ccccc1[O-].[K+]. The molecule has 0 aliphatic carbocycles. The molecule has 0 unspecified atom stereocenters. The molecule has 0 aliphatic rings. The molecule has 0 aliphatic heterocycles. The summed E-state index contributed by atoms with van der Waals surface area (Å²) in [4.78, 5) is 9.34. The fourth-order valence-corrected chi connectivity index (χ4v) is 0.608. The molecule has 0 aromatic heterocycles. The van der Waals surface area contributed by atoms with E-state index in [1.54, 1.807) is 0 Å². The molecule has 0 saturated carbocycles. The van der Waals surface area contributed by atoms with Crippen LogP contribution in [0.5, 0.6) is 5.75 Å². The van der Waals surface area contributed by atoms with Gasteiger partial charge in [0.15, 0.2) is 0 Å². The zero-order valence-corrected chi connectivity index (χ0v) is 9.10. The van der Waals surface area contributed by atoms with Crippen molar-refractivity contribution in [2.24, 2.45) is 0 Å². The standard InChI is InChI=1S/C6H5NO3.K/c8-6-4-2-1-3-5(6)7(9)10;/h1-4,8H;/q;+1/p-1. The minimum absolute atomic E-state index is 0. The van der Waals surface area contributed by atoms with Gasteiger partial charge in [-0.05, 0) is 5.75 Å². The van der Waals surface area contributed by atoms with E-state index in [1.165, 1.54) is 18.2 Å². The Kier molecular flexibility index (Phi) is 4.86. The van der Waals surface area contributed by atoms with E-state index in [9.17, 15) is 15.2 Å². The van der Waals surface area contributed by atoms with Gasteiger partial charge in [0.05, 0.1) is 4.92 Å². The Bertz CT molecular complexity index is 264. The van der Waals surface area contributed by atoms with Crippen molar-refractivity contribution in [1.82, 2.24) is 0 Å². The molecule has 5 heteroatoms. The number of nitro benzene ring substituents is 1. The molecule has 0 atom stereocenters. The minimum atomic E-state index is -0.692. The zero-order valence-electron chi connectivity index (χ0n) is 5.98. The van der Waals surface area contributed by atoms with Crippen molar-refractivity contribution in [3.05, 3.63) is 34.4 Å². The topological polar surface area (TPSA) is 66.2 Å². The summed E-state index contributed by atoms with van der Waals surface area (Å²) in [5.74, 6) is -0.549. The maximum absolute atomic E-state index is 10.6. The van der Waals surface area contributed by atoms with Crippen LogP contribution in [0.2, 0.25) is 0 Å². The predicted molar refractivity (Wildman–Crippen MR) is 32.5 cm³/mol.